The first-order valence-electron chi connectivity index (χ1n) is 19.6. The monoisotopic (exact) mass is 861 g/mol. The summed E-state index contributed by atoms with van der Waals surface area (Å²) in [6, 6.07) is 31.3. The third-order valence-corrected chi connectivity index (χ3v) is 11.4. The van der Waals surface area contributed by atoms with E-state index in [4.69, 9.17) is 4.74 Å². The van der Waals surface area contributed by atoms with Crippen LogP contribution in [-0.2, 0) is 59.7 Å². The van der Waals surface area contributed by atoms with Crippen molar-refractivity contribution in [2.45, 2.75) is 56.3 Å². The van der Waals surface area contributed by atoms with E-state index in [1.165, 1.54) is 11.3 Å². The smallest absolute Gasteiger partial charge is 0.258 e. The van der Waals surface area contributed by atoms with Gasteiger partial charge in [-0.05, 0) is 76.2 Å². The van der Waals surface area contributed by atoms with Crippen LogP contribution in [0.5, 0.6) is 5.75 Å². The van der Waals surface area contributed by atoms with Gasteiger partial charge in [-0.3, -0.25) is 28.7 Å². The Morgan fingerprint density at radius 2 is 1.39 bits per heavy atom. The quantitative estimate of drug-likeness (QED) is 0.0973. The number of hydrogen-bond donors (Lipinski definition) is 5. The van der Waals surface area contributed by atoms with Gasteiger partial charge in [-0.25, -0.2) is 8.42 Å². The summed E-state index contributed by atoms with van der Waals surface area (Å²) < 4.78 is 32.0. The first kappa shape index (κ1) is 44.0. The molecule has 3 heterocycles. The summed E-state index contributed by atoms with van der Waals surface area (Å²) in [5.74, 6) is -3.48. The normalized spacial score (nSPS) is 19.1. The Balaban J connectivity index is 1.37. The van der Waals surface area contributed by atoms with E-state index >= 15 is 0 Å². The third-order valence-electron chi connectivity index (χ3n) is 9.93. The Hall–Kier alpha value is -6.58. The van der Waals surface area contributed by atoms with Gasteiger partial charge >= 0.3 is 0 Å². The van der Waals surface area contributed by atoms with Crippen molar-refractivity contribution in [2.24, 2.45) is 0 Å². The lowest BCUT2D eigenvalue weighted by Gasteiger charge is -2.27. The Kier molecular flexibility index (Phi) is 14.9. The largest absolute Gasteiger partial charge is 0.484 e. The highest BCUT2D eigenvalue weighted by atomic mass is 32.2. The molecule has 2 aliphatic heterocycles. The molecular formula is C46H47N5O8S2. The Bertz CT molecular complexity index is 2430. The zero-order chi connectivity index (χ0) is 43.4. The maximum Gasteiger partial charge on any atom is 0.258 e. The fourth-order valence-electron chi connectivity index (χ4n) is 6.81. The van der Waals surface area contributed by atoms with Crippen LogP contribution in [0, 0.1) is 0 Å². The van der Waals surface area contributed by atoms with Gasteiger partial charge in [0.1, 0.15) is 29.9 Å². The van der Waals surface area contributed by atoms with Gasteiger partial charge in [-0.2, -0.15) is 0 Å². The van der Waals surface area contributed by atoms with Crippen molar-refractivity contribution >= 4 is 50.9 Å². The third kappa shape index (κ3) is 13.2. The molecule has 0 aliphatic carbocycles. The van der Waals surface area contributed by atoms with Crippen LogP contribution in [0.1, 0.15) is 28.0 Å². The number of carbonyl (C=O) groups excluding carboxylic acids is 5. The van der Waals surface area contributed by atoms with E-state index in [0.717, 1.165) is 27.8 Å². The highest BCUT2D eigenvalue weighted by Gasteiger charge is 2.34. The number of ether oxygens (including phenoxy) is 1. The van der Waals surface area contributed by atoms with E-state index < -0.39 is 70.3 Å². The van der Waals surface area contributed by atoms with Crippen LogP contribution in [-0.4, -0.2) is 75.0 Å². The van der Waals surface area contributed by atoms with Crippen LogP contribution in [0.15, 0.2) is 139 Å². The summed E-state index contributed by atoms with van der Waals surface area (Å²) in [4.78, 5) is 71.0. The summed E-state index contributed by atoms with van der Waals surface area (Å²) in [5.41, 5.74) is 4.18. The molecule has 61 heavy (non-hydrogen) atoms. The van der Waals surface area contributed by atoms with Crippen molar-refractivity contribution in [3.05, 3.63) is 160 Å². The molecule has 316 valence electrons. The molecule has 2 bridgehead atoms. The first-order chi connectivity index (χ1) is 29.3. The summed E-state index contributed by atoms with van der Waals surface area (Å²) in [6.45, 7) is 3.74. The highest BCUT2D eigenvalue weighted by Crippen LogP contribution is 2.21. The number of nitrogens with one attached hydrogen (secondary N) is 5. The number of sulfonamides is 1. The molecule has 5 N–H and O–H groups in total. The topological polar surface area (TPSA) is 189 Å². The molecule has 2 aliphatic rings. The van der Waals surface area contributed by atoms with Crippen molar-refractivity contribution in [1.82, 2.24) is 26.0 Å². The van der Waals surface area contributed by atoms with Crippen molar-refractivity contribution in [3.8, 4) is 16.9 Å². The molecule has 5 amide bonds. The van der Waals surface area contributed by atoms with Crippen LogP contribution in [0.25, 0.3) is 11.1 Å². The number of hydrogen-bond acceptors (Lipinski definition) is 9. The fourth-order valence-corrected chi connectivity index (χ4v) is 8.04. The van der Waals surface area contributed by atoms with Crippen LogP contribution >= 0.6 is 11.3 Å². The first-order valence-corrected chi connectivity index (χ1v) is 22.4. The minimum atomic E-state index is -4.04. The highest BCUT2D eigenvalue weighted by molar-refractivity contribution is 7.89. The van der Waals surface area contributed by atoms with Gasteiger partial charge in [-0.15, -0.1) is 11.3 Å². The molecule has 13 nitrogen and oxygen atoms in total. The van der Waals surface area contributed by atoms with E-state index in [-0.39, 0.29) is 31.3 Å². The zero-order valence-electron chi connectivity index (χ0n) is 33.5. The molecule has 0 saturated heterocycles. The summed E-state index contributed by atoms with van der Waals surface area (Å²) in [7, 11) is -4.04. The standard InChI is InChI=1S/C46H47N5O8S2/c1-30(26-31-10-5-3-6-11-31)42-46(56)49-40(45(55)51-61(2,57)58)28-33-17-21-36(22-18-33)59-29-41(52)47-38(24-23-37-14-9-25-60-37)43(53)48-39(44(54)50-42)27-32-15-19-35(20-16-32)34-12-7-4-8-13-34/h3-22,25,38-40,42H,1,23-24,26-29H2,2H3,(H,47,52)(H,48,53)(H,49,56)(H,50,54)(H,51,55). The molecule has 0 spiro atoms. The zero-order valence-corrected chi connectivity index (χ0v) is 35.1. The number of fused-ring (bicyclic) bond motifs is 16. The van der Waals surface area contributed by atoms with Gasteiger partial charge in [0.05, 0.1) is 6.26 Å². The van der Waals surface area contributed by atoms with E-state index in [1.54, 1.807) is 24.3 Å². The number of carbonyl (C=O) groups is 5. The van der Waals surface area contributed by atoms with E-state index in [9.17, 15) is 32.4 Å². The van der Waals surface area contributed by atoms with Gasteiger partial charge < -0.3 is 26.0 Å². The number of rotatable bonds is 11. The fraction of sp³-hybridized carbons (Fsp3) is 0.239. The van der Waals surface area contributed by atoms with Crippen LogP contribution in [0.4, 0.5) is 0 Å². The Morgan fingerprint density at radius 1 is 0.738 bits per heavy atom. The molecule has 15 heteroatoms. The Labute approximate surface area is 359 Å². The van der Waals surface area contributed by atoms with E-state index in [2.05, 4.69) is 27.8 Å². The van der Waals surface area contributed by atoms with Gasteiger partial charge in [0.2, 0.25) is 27.7 Å². The van der Waals surface area contributed by atoms with Crippen LogP contribution in [0.3, 0.4) is 0 Å². The van der Waals surface area contributed by atoms with Gasteiger partial charge in [0, 0.05) is 17.7 Å². The van der Waals surface area contributed by atoms with Gasteiger partial charge in [0.15, 0.2) is 6.61 Å². The lowest BCUT2D eigenvalue weighted by molar-refractivity contribution is -0.134. The molecule has 4 atom stereocenters. The maximum atomic E-state index is 14.6. The van der Waals surface area contributed by atoms with Gasteiger partial charge in [0.25, 0.3) is 11.8 Å². The van der Waals surface area contributed by atoms with Crippen LogP contribution < -0.4 is 30.7 Å². The summed E-state index contributed by atoms with van der Waals surface area (Å²) in [5, 5.41) is 13.0. The summed E-state index contributed by atoms with van der Waals surface area (Å²) in [6.07, 6.45) is 1.49. The molecule has 1 aromatic heterocycles. The average Bonchev–Trinajstić information content (AvgIpc) is 3.77. The van der Waals surface area contributed by atoms with Crippen molar-refractivity contribution in [2.75, 3.05) is 12.9 Å². The van der Waals surface area contributed by atoms with Crippen LogP contribution in [0.2, 0.25) is 0 Å². The second-order valence-electron chi connectivity index (χ2n) is 14.8. The minimum Gasteiger partial charge on any atom is -0.484 e. The second kappa shape index (κ2) is 20.6. The lowest BCUT2D eigenvalue weighted by Crippen LogP contribution is -2.59. The summed E-state index contributed by atoms with van der Waals surface area (Å²) >= 11 is 1.51. The molecule has 7 rings (SSSR count). The molecule has 4 aromatic carbocycles. The lowest BCUT2D eigenvalue weighted by atomic mass is 9.97. The van der Waals surface area contributed by atoms with Crippen molar-refractivity contribution in [3.63, 3.8) is 0 Å². The van der Waals surface area contributed by atoms with Crippen molar-refractivity contribution in [1.29, 1.82) is 0 Å². The number of thiophene rings is 1. The predicted octanol–water partition coefficient (Wildman–Crippen LogP) is 4.04. The Morgan fingerprint density at radius 3 is 2.05 bits per heavy atom. The minimum absolute atomic E-state index is 0.00574. The number of aryl methyl sites for hydroxylation is 1. The number of benzene rings is 4. The predicted molar refractivity (Wildman–Crippen MR) is 234 cm³/mol. The second-order valence-corrected chi connectivity index (χ2v) is 17.5. The maximum absolute atomic E-state index is 14.6. The SMILES string of the molecule is C=C(Cc1ccccc1)C1NC(=O)C(Cc2ccc(-c3ccccc3)cc2)NC(=O)C(CCc2cccs2)NC(=O)COc2ccc(cc2)CC(C(=O)NS(C)(=O)=O)NC1=O. The molecule has 0 radical (unpaired) electrons. The van der Waals surface area contributed by atoms with E-state index in [0.29, 0.717) is 23.3 Å². The van der Waals surface area contributed by atoms with Crippen molar-refractivity contribution < 1.29 is 37.1 Å². The van der Waals surface area contributed by atoms with E-state index in [1.807, 2.05) is 107 Å². The molecule has 5 aromatic rings. The molecular weight excluding hydrogens is 815 g/mol. The van der Waals surface area contributed by atoms with Gasteiger partial charge in [-0.1, -0.05) is 110 Å². The molecule has 4 unspecified atom stereocenters. The molecule has 0 saturated carbocycles. The average molecular weight is 862 g/mol. The number of amides is 5. The molecule has 0 fully saturated rings.